The number of alkyl halides is 3. The Labute approximate surface area is 129 Å². The summed E-state index contributed by atoms with van der Waals surface area (Å²) < 4.78 is 38.2. The summed E-state index contributed by atoms with van der Waals surface area (Å²) >= 11 is 1.51. The molecular formula is C15H13F3N2OS. The average molecular weight is 326 g/mol. The Hall–Kier alpha value is -2.04. The van der Waals surface area contributed by atoms with Gasteiger partial charge in [0.05, 0.1) is 23.4 Å². The largest absolute Gasteiger partial charge is 0.416 e. The molecule has 7 heteroatoms. The van der Waals surface area contributed by atoms with Crippen LogP contribution in [0.3, 0.4) is 0 Å². The first kappa shape index (κ1) is 16.3. The zero-order valence-corrected chi connectivity index (χ0v) is 12.3. The second-order valence-corrected chi connectivity index (χ2v) is 5.40. The predicted molar refractivity (Wildman–Crippen MR) is 78.6 cm³/mol. The molecule has 0 aliphatic rings. The maximum absolute atomic E-state index is 12.7. The van der Waals surface area contributed by atoms with Crippen LogP contribution in [0.4, 0.5) is 18.9 Å². The molecule has 0 aliphatic heterocycles. The van der Waals surface area contributed by atoms with Crippen LogP contribution in [0, 0.1) is 11.3 Å². The lowest BCUT2D eigenvalue weighted by Gasteiger charge is -2.25. The highest BCUT2D eigenvalue weighted by atomic mass is 32.1. The molecule has 0 aliphatic carbocycles. The summed E-state index contributed by atoms with van der Waals surface area (Å²) in [4.78, 5) is 1.70. The normalized spacial score (nSPS) is 11.2. The number of thiophene rings is 1. The van der Waals surface area contributed by atoms with Crippen molar-refractivity contribution in [2.24, 2.45) is 0 Å². The Morgan fingerprint density at radius 3 is 2.59 bits per heavy atom. The van der Waals surface area contributed by atoms with Crippen LogP contribution in [0.2, 0.25) is 0 Å². The number of aliphatic hydroxyl groups is 1. The summed E-state index contributed by atoms with van der Waals surface area (Å²) in [7, 11) is 0. The topological polar surface area (TPSA) is 47.3 Å². The summed E-state index contributed by atoms with van der Waals surface area (Å²) in [6.07, 6.45) is -4.49. The third-order valence-corrected chi connectivity index (χ3v) is 3.84. The molecule has 0 atom stereocenters. The highest BCUT2D eigenvalue weighted by Gasteiger charge is 2.31. The van der Waals surface area contributed by atoms with Crippen LogP contribution in [0.5, 0.6) is 0 Å². The summed E-state index contributed by atoms with van der Waals surface area (Å²) in [5.41, 5.74) is 0.448. The zero-order chi connectivity index (χ0) is 16.2. The molecule has 0 bridgehead atoms. The number of anilines is 1. The predicted octanol–water partition coefficient (Wildman–Crippen LogP) is 3.64. The van der Waals surface area contributed by atoms with Gasteiger partial charge in [0.1, 0.15) is 6.07 Å². The Morgan fingerprint density at radius 1 is 1.27 bits per heavy atom. The van der Waals surface area contributed by atoms with Gasteiger partial charge in [0, 0.05) is 13.1 Å². The SMILES string of the molecule is N#Cc1cc(C(F)(F)F)ccc1N(CCO)Cc1ccsc1. The second-order valence-electron chi connectivity index (χ2n) is 4.62. The third kappa shape index (κ3) is 3.78. The minimum Gasteiger partial charge on any atom is -0.395 e. The molecule has 1 N–H and O–H groups in total. The Bertz CT molecular complexity index is 662. The van der Waals surface area contributed by atoms with Crippen LogP contribution >= 0.6 is 11.3 Å². The highest BCUT2D eigenvalue weighted by Crippen LogP contribution is 2.33. The molecule has 0 saturated carbocycles. The van der Waals surface area contributed by atoms with E-state index in [1.165, 1.54) is 17.4 Å². The average Bonchev–Trinajstić information content (AvgIpc) is 2.98. The molecule has 0 unspecified atom stereocenters. The van der Waals surface area contributed by atoms with Crippen molar-refractivity contribution in [3.63, 3.8) is 0 Å². The molecule has 0 spiro atoms. The van der Waals surface area contributed by atoms with Gasteiger partial charge in [0.25, 0.3) is 0 Å². The van der Waals surface area contributed by atoms with Crippen molar-refractivity contribution in [1.82, 2.24) is 0 Å². The number of nitrogens with zero attached hydrogens (tertiary/aromatic N) is 2. The first-order chi connectivity index (χ1) is 10.5. The highest BCUT2D eigenvalue weighted by molar-refractivity contribution is 7.07. The van der Waals surface area contributed by atoms with Gasteiger partial charge < -0.3 is 10.0 Å². The van der Waals surface area contributed by atoms with Crippen molar-refractivity contribution in [1.29, 1.82) is 5.26 Å². The Balaban J connectivity index is 2.37. The Kier molecular flexibility index (Phi) is 5.06. The van der Waals surface area contributed by atoms with Crippen molar-refractivity contribution >= 4 is 17.0 Å². The summed E-state index contributed by atoms with van der Waals surface area (Å²) in [6, 6.07) is 6.77. The van der Waals surface area contributed by atoms with Gasteiger partial charge in [-0.1, -0.05) is 0 Å². The molecule has 0 fully saturated rings. The van der Waals surface area contributed by atoms with Crippen LogP contribution < -0.4 is 4.90 Å². The smallest absolute Gasteiger partial charge is 0.395 e. The van der Waals surface area contributed by atoms with Gasteiger partial charge in [-0.25, -0.2) is 0 Å². The van der Waals surface area contributed by atoms with E-state index in [-0.39, 0.29) is 18.7 Å². The molecule has 0 amide bonds. The molecule has 1 aromatic heterocycles. The van der Waals surface area contributed by atoms with E-state index in [1.54, 1.807) is 11.0 Å². The number of hydrogen-bond acceptors (Lipinski definition) is 4. The third-order valence-electron chi connectivity index (χ3n) is 3.11. The fourth-order valence-electron chi connectivity index (χ4n) is 2.09. The number of halogens is 3. The van der Waals surface area contributed by atoms with Gasteiger partial charge >= 0.3 is 6.18 Å². The van der Waals surface area contributed by atoms with Crippen molar-refractivity contribution in [3.8, 4) is 6.07 Å². The van der Waals surface area contributed by atoms with E-state index in [2.05, 4.69) is 0 Å². The van der Waals surface area contributed by atoms with Crippen LogP contribution in [0.1, 0.15) is 16.7 Å². The molecule has 0 saturated heterocycles. The molecule has 0 radical (unpaired) electrons. The van der Waals surface area contributed by atoms with Crippen molar-refractivity contribution in [2.75, 3.05) is 18.1 Å². The first-order valence-electron chi connectivity index (χ1n) is 6.44. The van der Waals surface area contributed by atoms with Crippen molar-refractivity contribution < 1.29 is 18.3 Å². The molecule has 2 aromatic rings. The van der Waals surface area contributed by atoms with Crippen LogP contribution in [-0.2, 0) is 12.7 Å². The van der Waals surface area contributed by atoms with E-state index in [1.807, 2.05) is 16.8 Å². The number of rotatable bonds is 5. The lowest BCUT2D eigenvalue weighted by atomic mass is 10.1. The zero-order valence-electron chi connectivity index (χ0n) is 11.5. The van der Waals surface area contributed by atoms with Crippen molar-refractivity contribution in [2.45, 2.75) is 12.7 Å². The molecule has 1 heterocycles. The van der Waals surface area contributed by atoms with Gasteiger partial charge in [0.15, 0.2) is 0 Å². The van der Waals surface area contributed by atoms with Gasteiger partial charge in [0.2, 0.25) is 0 Å². The van der Waals surface area contributed by atoms with Gasteiger partial charge in [-0.2, -0.15) is 29.8 Å². The van der Waals surface area contributed by atoms with E-state index in [0.29, 0.717) is 12.2 Å². The standard InChI is InChI=1S/C15H13F3N2OS/c16-15(17,18)13-1-2-14(12(7-13)8-19)20(4-5-21)9-11-3-6-22-10-11/h1-3,6-7,10,21H,4-5,9H2. The van der Waals surface area contributed by atoms with E-state index < -0.39 is 11.7 Å². The summed E-state index contributed by atoms with van der Waals surface area (Å²) in [6.45, 7) is 0.496. The molecule has 1 aromatic carbocycles. The lowest BCUT2D eigenvalue weighted by Crippen LogP contribution is -2.27. The summed E-state index contributed by atoms with van der Waals surface area (Å²) in [5.74, 6) is 0. The minimum atomic E-state index is -4.49. The first-order valence-corrected chi connectivity index (χ1v) is 7.38. The van der Waals surface area contributed by atoms with E-state index in [9.17, 15) is 18.3 Å². The molecule has 22 heavy (non-hydrogen) atoms. The van der Waals surface area contributed by atoms with Crippen LogP contribution in [0.15, 0.2) is 35.0 Å². The second kappa shape index (κ2) is 6.81. The fourth-order valence-corrected chi connectivity index (χ4v) is 2.75. The maximum atomic E-state index is 12.7. The number of nitriles is 1. The van der Waals surface area contributed by atoms with E-state index >= 15 is 0 Å². The van der Waals surface area contributed by atoms with Crippen molar-refractivity contribution in [3.05, 3.63) is 51.7 Å². The number of aliphatic hydroxyl groups excluding tert-OH is 1. The number of hydrogen-bond donors (Lipinski definition) is 1. The molecule has 116 valence electrons. The van der Waals surface area contributed by atoms with E-state index in [4.69, 9.17) is 5.26 Å². The monoisotopic (exact) mass is 326 g/mol. The Morgan fingerprint density at radius 2 is 2.05 bits per heavy atom. The van der Waals surface area contributed by atoms with E-state index in [0.717, 1.165) is 17.7 Å². The fraction of sp³-hybridized carbons (Fsp3) is 0.267. The van der Waals surface area contributed by atoms with Crippen LogP contribution in [-0.4, -0.2) is 18.3 Å². The molecule has 2 rings (SSSR count). The van der Waals surface area contributed by atoms with Crippen LogP contribution in [0.25, 0.3) is 0 Å². The summed E-state index contributed by atoms with van der Waals surface area (Å²) in [5, 5.41) is 22.1. The quantitative estimate of drug-likeness (QED) is 0.912. The van der Waals surface area contributed by atoms with Gasteiger partial charge in [-0.05, 0) is 40.6 Å². The number of benzene rings is 1. The minimum absolute atomic E-state index is 0.0569. The molecular weight excluding hydrogens is 313 g/mol. The van der Waals surface area contributed by atoms with Gasteiger partial charge in [-0.3, -0.25) is 0 Å². The lowest BCUT2D eigenvalue weighted by molar-refractivity contribution is -0.137. The maximum Gasteiger partial charge on any atom is 0.416 e. The van der Waals surface area contributed by atoms with Gasteiger partial charge in [-0.15, -0.1) is 0 Å². The molecule has 3 nitrogen and oxygen atoms in total.